The second-order valence-corrected chi connectivity index (χ2v) is 13.8. The summed E-state index contributed by atoms with van der Waals surface area (Å²) in [5, 5.41) is 4.46. The standard InChI is InChI=1S/C33H37O2P/c34-29-24-25-33(35)28(27-29)17-9-4-2-1-3-5-16-26-36(30-18-10-6-11-19-30,31-20-12-7-13-21-31)32-22-14-8-15-23-32/h6-8,10-15,18-25,27,36H,1-5,9,16-17,26H2. The second kappa shape index (κ2) is 13.3. The van der Waals surface area contributed by atoms with Crippen LogP contribution in [0, 0.1) is 0 Å². The van der Waals surface area contributed by atoms with Crippen LogP contribution in [0.3, 0.4) is 0 Å². The van der Waals surface area contributed by atoms with Gasteiger partial charge in [-0.15, -0.1) is 0 Å². The van der Waals surface area contributed by atoms with E-state index in [1.807, 2.05) is 0 Å². The number of carbonyl (C=O) groups excluding carboxylic acids is 2. The minimum absolute atomic E-state index is 0.00232. The summed E-state index contributed by atoms with van der Waals surface area (Å²) in [5.74, 6) is -0.0665. The van der Waals surface area contributed by atoms with Gasteiger partial charge in [0.25, 0.3) is 0 Å². The maximum absolute atomic E-state index is 11.9. The molecule has 2 nitrogen and oxygen atoms in total. The number of ketones is 2. The first-order valence-electron chi connectivity index (χ1n) is 13.3. The number of hydrogen-bond acceptors (Lipinski definition) is 2. The molecule has 3 aromatic rings. The third-order valence-electron chi connectivity index (χ3n) is 7.33. The monoisotopic (exact) mass is 496 g/mol. The van der Waals surface area contributed by atoms with Crippen LogP contribution in [0.5, 0.6) is 0 Å². The van der Waals surface area contributed by atoms with Gasteiger partial charge in [0.05, 0.1) is 0 Å². The zero-order valence-corrected chi connectivity index (χ0v) is 22.1. The van der Waals surface area contributed by atoms with Crippen molar-refractivity contribution in [3.8, 4) is 0 Å². The van der Waals surface area contributed by atoms with Crippen molar-refractivity contribution in [2.75, 3.05) is 6.16 Å². The van der Waals surface area contributed by atoms with Crippen LogP contribution >= 0.6 is 7.26 Å². The number of allylic oxidation sites excluding steroid dienone is 4. The van der Waals surface area contributed by atoms with Gasteiger partial charge in [-0.1, -0.05) is 0 Å². The van der Waals surface area contributed by atoms with Gasteiger partial charge < -0.3 is 0 Å². The zero-order valence-electron chi connectivity index (χ0n) is 21.1. The first kappa shape index (κ1) is 26.0. The van der Waals surface area contributed by atoms with Gasteiger partial charge in [-0.2, -0.15) is 0 Å². The molecule has 4 rings (SSSR count). The Kier molecular flexibility index (Phi) is 9.59. The van der Waals surface area contributed by atoms with Gasteiger partial charge in [-0.25, -0.2) is 0 Å². The number of carbonyl (C=O) groups is 2. The van der Waals surface area contributed by atoms with Crippen LogP contribution in [-0.4, -0.2) is 17.7 Å². The van der Waals surface area contributed by atoms with Gasteiger partial charge in [0.15, 0.2) is 0 Å². The SMILES string of the molecule is O=C1C=CC(=O)C(CCCCCCCCC[PH](c2ccccc2)(c2ccccc2)c2ccccc2)=C1. The molecule has 0 radical (unpaired) electrons. The molecule has 0 bridgehead atoms. The molecule has 0 aromatic heterocycles. The average molecular weight is 497 g/mol. The second-order valence-electron chi connectivity index (χ2n) is 9.75. The first-order chi connectivity index (χ1) is 17.7. The van der Waals surface area contributed by atoms with Crippen LogP contribution in [0.4, 0.5) is 0 Å². The molecule has 3 heteroatoms. The van der Waals surface area contributed by atoms with Gasteiger partial charge >= 0.3 is 206 Å². The molecule has 186 valence electrons. The summed E-state index contributed by atoms with van der Waals surface area (Å²) in [6.45, 7) is 0. The molecule has 0 amide bonds. The Hall–Kier alpha value is -3.09. The molecule has 0 heterocycles. The molecule has 0 atom stereocenters. The van der Waals surface area contributed by atoms with E-state index in [1.165, 1.54) is 72.4 Å². The van der Waals surface area contributed by atoms with Crippen LogP contribution in [0.15, 0.2) is 115 Å². The molecule has 0 saturated carbocycles. The molecule has 0 unspecified atom stereocenters. The summed E-state index contributed by atoms with van der Waals surface area (Å²) in [5.41, 5.74) is 0.673. The van der Waals surface area contributed by atoms with E-state index < -0.39 is 7.26 Å². The summed E-state index contributed by atoms with van der Waals surface area (Å²) in [7, 11) is -2.11. The van der Waals surface area contributed by atoms with Crippen molar-refractivity contribution in [3.63, 3.8) is 0 Å². The number of unbranched alkanes of at least 4 members (excludes halogenated alkanes) is 6. The summed E-state index contributed by atoms with van der Waals surface area (Å²) in [6.07, 6.45) is 14.4. The molecule has 1 aliphatic rings. The van der Waals surface area contributed by atoms with E-state index in [9.17, 15) is 9.59 Å². The summed E-state index contributed by atoms with van der Waals surface area (Å²) in [4.78, 5) is 23.3. The van der Waals surface area contributed by atoms with Gasteiger partial charge in [0.2, 0.25) is 0 Å². The molecule has 0 spiro atoms. The molecule has 0 saturated heterocycles. The van der Waals surface area contributed by atoms with Crippen molar-refractivity contribution < 1.29 is 9.59 Å². The van der Waals surface area contributed by atoms with Crippen LogP contribution in [0.2, 0.25) is 0 Å². The molecule has 36 heavy (non-hydrogen) atoms. The van der Waals surface area contributed by atoms with E-state index in [0.717, 1.165) is 12.8 Å². The van der Waals surface area contributed by atoms with Crippen molar-refractivity contribution >= 4 is 34.7 Å². The number of rotatable bonds is 13. The normalized spacial score (nSPS) is 14.1. The van der Waals surface area contributed by atoms with Crippen LogP contribution in [-0.2, 0) is 9.59 Å². The van der Waals surface area contributed by atoms with E-state index in [1.54, 1.807) is 0 Å². The Morgan fingerprint density at radius 3 is 1.44 bits per heavy atom. The summed E-state index contributed by atoms with van der Waals surface area (Å²) < 4.78 is 0. The quantitative estimate of drug-likeness (QED) is 0.154. The van der Waals surface area contributed by atoms with Crippen LogP contribution in [0.25, 0.3) is 0 Å². The molecule has 1 aliphatic carbocycles. The fraction of sp³-hybridized carbons (Fsp3) is 0.273. The van der Waals surface area contributed by atoms with E-state index in [4.69, 9.17) is 0 Å². The Morgan fingerprint density at radius 2 is 0.944 bits per heavy atom. The Balaban J connectivity index is 1.33. The molecular weight excluding hydrogens is 459 g/mol. The Labute approximate surface area is 216 Å². The zero-order chi connectivity index (χ0) is 25.1. The molecular formula is C33H37O2P. The number of hydrogen-bond donors (Lipinski definition) is 0. The minimum atomic E-state index is -2.11. The van der Waals surface area contributed by atoms with E-state index in [-0.39, 0.29) is 11.6 Å². The topological polar surface area (TPSA) is 34.1 Å². The van der Waals surface area contributed by atoms with Crippen molar-refractivity contribution in [2.45, 2.75) is 51.4 Å². The molecule has 0 fully saturated rings. The third-order valence-corrected chi connectivity index (χ3v) is 12.4. The third kappa shape index (κ3) is 6.56. The molecule has 0 aliphatic heterocycles. The van der Waals surface area contributed by atoms with Gasteiger partial charge in [0.1, 0.15) is 0 Å². The van der Waals surface area contributed by atoms with E-state index in [0.29, 0.717) is 12.0 Å². The first-order valence-corrected chi connectivity index (χ1v) is 15.5. The van der Waals surface area contributed by atoms with Gasteiger partial charge in [-0.05, 0) is 6.08 Å². The summed E-state index contributed by atoms with van der Waals surface area (Å²) in [6, 6.07) is 33.5. The molecule has 0 N–H and O–H groups in total. The number of benzene rings is 3. The fourth-order valence-corrected chi connectivity index (χ4v) is 10.4. The van der Waals surface area contributed by atoms with Crippen LogP contribution < -0.4 is 15.9 Å². The Morgan fingerprint density at radius 1 is 0.500 bits per heavy atom. The van der Waals surface area contributed by atoms with Crippen molar-refractivity contribution in [1.82, 2.24) is 0 Å². The van der Waals surface area contributed by atoms with Gasteiger partial charge in [0, 0.05) is 0 Å². The predicted molar refractivity (Wildman–Crippen MR) is 156 cm³/mol. The van der Waals surface area contributed by atoms with Crippen LogP contribution in [0.1, 0.15) is 51.4 Å². The predicted octanol–water partition coefficient (Wildman–Crippen LogP) is 6.47. The summed E-state index contributed by atoms with van der Waals surface area (Å²) >= 11 is 0. The van der Waals surface area contributed by atoms with Gasteiger partial charge in [-0.3, -0.25) is 4.79 Å². The van der Waals surface area contributed by atoms with E-state index in [2.05, 4.69) is 91.0 Å². The molecule has 3 aromatic carbocycles. The van der Waals surface area contributed by atoms with Crippen molar-refractivity contribution in [3.05, 3.63) is 115 Å². The van der Waals surface area contributed by atoms with Crippen molar-refractivity contribution in [2.24, 2.45) is 0 Å². The average Bonchev–Trinajstić information content (AvgIpc) is 2.93. The van der Waals surface area contributed by atoms with E-state index >= 15 is 0 Å². The Bertz CT molecular complexity index is 1080. The maximum atomic E-state index is 11.9. The fourth-order valence-electron chi connectivity index (χ4n) is 5.44. The van der Waals surface area contributed by atoms with Crippen molar-refractivity contribution in [1.29, 1.82) is 0 Å².